The molecule has 1 aliphatic heterocycles. The fourth-order valence-electron chi connectivity index (χ4n) is 1.66. The average molecular weight is 210 g/mol. The fourth-order valence-corrected chi connectivity index (χ4v) is 1.66. The second-order valence-electron chi connectivity index (χ2n) is 3.59. The minimum atomic E-state index is -1.33. The molecule has 2 rings (SSSR count). The maximum atomic E-state index is 8.96. The van der Waals surface area contributed by atoms with Crippen LogP contribution in [0, 0.1) is 0 Å². The van der Waals surface area contributed by atoms with Crippen LogP contribution in [0.2, 0.25) is 0 Å². The molecule has 0 radical (unpaired) electrons. The van der Waals surface area contributed by atoms with Crippen molar-refractivity contribution in [2.75, 3.05) is 6.54 Å². The van der Waals surface area contributed by atoms with Crippen molar-refractivity contribution < 1.29 is 14.9 Å². The SMILES string of the molecule is OC(O)[C@@H]1C[C@H](Oc2cccnc2)CN1. The van der Waals surface area contributed by atoms with Crippen LogP contribution in [0.3, 0.4) is 0 Å². The normalized spacial score (nSPS) is 25.8. The van der Waals surface area contributed by atoms with Crippen LogP contribution in [0.1, 0.15) is 6.42 Å². The summed E-state index contributed by atoms with van der Waals surface area (Å²) < 4.78 is 5.61. The first-order valence-electron chi connectivity index (χ1n) is 4.92. The number of aliphatic hydroxyl groups excluding tert-OH is 1. The van der Waals surface area contributed by atoms with Gasteiger partial charge in [-0.15, -0.1) is 0 Å². The summed E-state index contributed by atoms with van der Waals surface area (Å²) in [6.45, 7) is 0.622. The molecule has 1 aromatic heterocycles. The highest BCUT2D eigenvalue weighted by atomic mass is 16.5. The maximum Gasteiger partial charge on any atom is 0.167 e. The van der Waals surface area contributed by atoms with Crippen LogP contribution in [-0.4, -0.2) is 40.2 Å². The lowest BCUT2D eigenvalue weighted by atomic mass is 10.2. The van der Waals surface area contributed by atoms with Gasteiger partial charge in [-0.25, -0.2) is 0 Å². The van der Waals surface area contributed by atoms with E-state index < -0.39 is 6.29 Å². The molecule has 0 unspecified atom stereocenters. The number of hydrogen-bond acceptors (Lipinski definition) is 5. The summed E-state index contributed by atoms with van der Waals surface area (Å²) in [6.07, 6.45) is 2.56. The van der Waals surface area contributed by atoms with Crippen molar-refractivity contribution in [2.45, 2.75) is 24.9 Å². The Labute approximate surface area is 87.7 Å². The van der Waals surface area contributed by atoms with Crippen molar-refractivity contribution in [3.8, 4) is 5.75 Å². The van der Waals surface area contributed by atoms with Crippen LogP contribution in [-0.2, 0) is 0 Å². The lowest BCUT2D eigenvalue weighted by Gasteiger charge is -2.13. The van der Waals surface area contributed by atoms with Gasteiger partial charge >= 0.3 is 0 Å². The molecule has 1 aliphatic rings. The Bertz CT molecular complexity index is 305. The standard InChI is InChI=1S/C10H14N2O3/c13-10(14)9-4-8(6-12-9)15-7-2-1-3-11-5-7/h1-3,5,8-10,12-14H,4,6H2/t8-,9-/m0/s1. The van der Waals surface area contributed by atoms with Gasteiger partial charge in [-0.1, -0.05) is 0 Å². The van der Waals surface area contributed by atoms with E-state index in [9.17, 15) is 0 Å². The number of nitrogens with one attached hydrogen (secondary N) is 1. The highest BCUT2D eigenvalue weighted by Gasteiger charge is 2.29. The third kappa shape index (κ3) is 2.65. The molecule has 2 atom stereocenters. The molecule has 0 bridgehead atoms. The van der Waals surface area contributed by atoms with Crippen molar-refractivity contribution in [3.63, 3.8) is 0 Å². The van der Waals surface area contributed by atoms with Gasteiger partial charge in [0.25, 0.3) is 0 Å². The van der Waals surface area contributed by atoms with Crippen LogP contribution in [0.5, 0.6) is 5.75 Å². The third-order valence-electron chi connectivity index (χ3n) is 2.42. The smallest absolute Gasteiger partial charge is 0.167 e. The van der Waals surface area contributed by atoms with Gasteiger partial charge in [0.05, 0.1) is 12.2 Å². The van der Waals surface area contributed by atoms with E-state index in [4.69, 9.17) is 14.9 Å². The largest absolute Gasteiger partial charge is 0.487 e. The van der Waals surface area contributed by atoms with E-state index in [0.29, 0.717) is 18.7 Å². The number of rotatable bonds is 3. The highest BCUT2D eigenvalue weighted by molar-refractivity contribution is 5.16. The number of nitrogens with zero attached hydrogens (tertiary/aromatic N) is 1. The number of ether oxygens (including phenoxy) is 1. The first kappa shape index (κ1) is 10.4. The Kier molecular flexibility index (Phi) is 3.15. The van der Waals surface area contributed by atoms with Gasteiger partial charge in [-0.05, 0) is 12.1 Å². The minimum Gasteiger partial charge on any atom is -0.487 e. The van der Waals surface area contributed by atoms with Gasteiger partial charge in [0.15, 0.2) is 6.29 Å². The second kappa shape index (κ2) is 4.57. The Balaban J connectivity index is 1.88. The Morgan fingerprint density at radius 3 is 3.00 bits per heavy atom. The van der Waals surface area contributed by atoms with Crippen LogP contribution in [0.15, 0.2) is 24.5 Å². The summed E-state index contributed by atoms with van der Waals surface area (Å²) >= 11 is 0. The van der Waals surface area contributed by atoms with E-state index in [0.717, 1.165) is 0 Å². The molecular formula is C10H14N2O3. The average Bonchev–Trinajstić information content (AvgIpc) is 2.68. The molecule has 0 amide bonds. The molecule has 5 heteroatoms. The quantitative estimate of drug-likeness (QED) is 0.587. The predicted octanol–water partition coefficient (Wildman–Crippen LogP) is -0.498. The van der Waals surface area contributed by atoms with Crippen LogP contribution in [0.25, 0.3) is 0 Å². The monoisotopic (exact) mass is 210 g/mol. The molecule has 1 aromatic rings. The van der Waals surface area contributed by atoms with Crippen molar-refractivity contribution in [1.29, 1.82) is 0 Å². The first-order valence-corrected chi connectivity index (χ1v) is 4.92. The van der Waals surface area contributed by atoms with Crippen molar-refractivity contribution in [1.82, 2.24) is 10.3 Å². The van der Waals surface area contributed by atoms with Gasteiger partial charge in [-0.2, -0.15) is 0 Å². The third-order valence-corrected chi connectivity index (χ3v) is 2.42. The van der Waals surface area contributed by atoms with E-state index in [1.54, 1.807) is 18.5 Å². The van der Waals surface area contributed by atoms with Crippen molar-refractivity contribution >= 4 is 0 Å². The van der Waals surface area contributed by atoms with E-state index in [2.05, 4.69) is 10.3 Å². The van der Waals surface area contributed by atoms with Crippen LogP contribution >= 0.6 is 0 Å². The zero-order chi connectivity index (χ0) is 10.7. The maximum absolute atomic E-state index is 8.96. The van der Waals surface area contributed by atoms with Gasteiger partial charge in [0.2, 0.25) is 0 Å². The van der Waals surface area contributed by atoms with Gasteiger partial charge < -0.3 is 20.3 Å². The predicted molar refractivity (Wildman–Crippen MR) is 53.3 cm³/mol. The number of aromatic nitrogens is 1. The van der Waals surface area contributed by atoms with E-state index >= 15 is 0 Å². The fraction of sp³-hybridized carbons (Fsp3) is 0.500. The molecule has 1 fully saturated rings. The number of aliphatic hydroxyl groups is 2. The Hall–Kier alpha value is -1.17. The molecule has 0 saturated carbocycles. The second-order valence-corrected chi connectivity index (χ2v) is 3.59. The molecule has 0 aromatic carbocycles. The summed E-state index contributed by atoms with van der Waals surface area (Å²) in [6, 6.07) is 3.33. The van der Waals surface area contributed by atoms with Crippen molar-refractivity contribution in [2.24, 2.45) is 0 Å². The Morgan fingerprint density at radius 1 is 1.53 bits per heavy atom. The zero-order valence-electron chi connectivity index (χ0n) is 8.21. The summed E-state index contributed by atoms with van der Waals surface area (Å²) in [5.74, 6) is 0.706. The van der Waals surface area contributed by atoms with Crippen LogP contribution in [0.4, 0.5) is 0 Å². The molecule has 15 heavy (non-hydrogen) atoms. The lowest BCUT2D eigenvalue weighted by molar-refractivity contribution is -0.0639. The molecule has 2 heterocycles. The molecular weight excluding hydrogens is 196 g/mol. The summed E-state index contributed by atoms with van der Waals surface area (Å²) in [5, 5.41) is 20.9. The summed E-state index contributed by atoms with van der Waals surface area (Å²) in [5.41, 5.74) is 0. The number of pyridine rings is 1. The van der Waals surface area contributed by atoms with E-state index in [-0.39, 0.29) is 12.1 Å². The highest BCUT2D eigenvalue weighted by Crippen LogP contribution is 2.16. The molecule has 1 saturated heterocycles. The summed E-state index contributed by atoms with van der Waals surface area (Å²) in [4.78, 5) is 3.94. The van der Waals surface area contributed by atoms with Crippen molar-refractivity contribution in [3.05, 3.63) is 24.5 Å². The summed E-state index contributed by atoms with van der Waals surface area (Å²) in [7, 11) is 0. The molecule has 5 nitrogen and oxygen atoms in total. The number of hydrogen-bond donors (Lipinski definition) is 3. The van der Waals surface area contributed by atoms with Gasteiger partial charge in [0.1, 0.15) is 11.9 Å². The first-order chi connectivity index (χ1) is 7.25. The minimum absolute atomic E-state index is 0.0269. The topological polar surface area (TPSA) is 74.6 Å². The molecule has 0 aliphatic carbocycles. The van der Waals surface area contributed by atoms with Crippen LogP contribution < -0.4 is 10.1 Å². The van der Waals surface area contributed by atoms with E-state index in [1.807, 2.05) is 6.07 Å². The Morgan fingerprint density at radius 2 is 2.40 bits per heavy atom. The van der Waals surface area contributed by atoms with E-state index in [1.165, 1.54) is 0 Å². The molecule has 82 valence electrons. The van der Waals surface area contributed by atoms with Gasteiger partial charge in [0, 0.05) is 19.2 Å². The van der Waals surface area contributed by atoms with Gasteiger partial charge in [-0.3, -0.25) is 4.98 Å². The molecule has 3 N–H and O–H groups in total. The lowest BCUT2D eigenvalue weighted by Crippen LogP contribution is -2.34. The molecule has 0 spiro atoms. The zero-order valence-corrected chi connectivity index (χ0v) is 8.21.